The SMILES string of the molecule is CC(C)(C)[Si](C)(C)Cl.C[C@@H](CO)C[C@@H](O)[C@H](C)NP.C[C@@H](COCc1ccccc1)CC(=O)[C@H](C)NP.C[C@@H](CO[Si](C)(C)C(C)(C)C)C[C@@H](O)[C@H](C)NP.C[C@@H](CO[Si](C)(C)C(C)(C)C)C[C@H](N=[N+]=[N-])[C@H](C)NP.C[C@H](CBr)COCc1ccccc1.C[C@H](NP)C(=O)O.C[C@H](NP)C(=O)Sc1ccccc1.[H-].[H-].[Mg+2]. The molecule has 10 N–H and O–H groups in total. The van der Waals surface area contributed by atoms with Gasteiger partial charge in [-0.15, -0.1) is 0 Å². The number of aliphatic carboxylic acids is 1. The fraction of sp³-hybridized carbons (Fsp3) is 0.724. The summed E-state index contributed by atoms with van der Waals surface area (Å²) in [5, 5.41) is 59.2. The molecule has 0 heterocycles. The minimum absolute atomic E-state index is 0. The van der Waals surface area contributed by atoms with Crippen molar-refractivity contribution in [2.45, 2.75) is 291 Å². The molecule has 0 aliphatic heterocycles. The Kier molecular flexibility index (Phi) is 74.1. The molecule has 0 aliphatic carbocycles. The number of halogens is 2. The van der Waals surface area contributed by atoms with Crippen molar-refractivity contribution in [3.05, 3.63) is 113 Å². The quantitative estimate of drug-likeness (QED) is 0.00373. The summed E-state index contributed by atoms with van der Waals surface area (Å²) in [4.78, 5) is 36.9. The van der Waals surface area contributed by atoms with E-state index in [1.807, 2.05) is 127 Å². The van der Waals surface area contributed by atoms with Gasteiger partial charge in [0.25, 0.3) is 0 Å². The van der Waals surface area contributed by atoms with Crippen molar-refractivity contribution < 1.29 is 56.0 Å². The number of thioether (sulfide) groups is 1. The normalized spacial score (nSPS) is 15.4. The smallest absolute Gasteiger partial charge is 1.00 e. The van der Waals surface area contributed by atoms with Crippen LogP contribution in [0.2, 0.25) is 54.4 Å². The number of aliphatic hydroxyl groups is 3. The summed E-state index contributed by atoms with van der Waals surface area (Å²) in [7, 11) is 9.41. The molecule has 20 nitrogen and oxygen atoms in total. The number of carbonyl (C=O) groups excluding carboxylic acids is 2. The number of nitrogens with one attached hydrogen (secondary N) is 6. The van der Waals surface area contributed by atoms with Crippen molar-refractivity contribution in [1.29, 1.82) is 0 Å². The molecule has 0 bridgehead atoms. The maximum atomic E-state index is 11.7. The van der Waals surface area contributed by atoms with Crippen molar-refractivity contribution in [2.24, 2.45) is 34.7 Å². The summed E-state index contributed by atoms with van der Waals surface area (Å²) in [5.41, 5.74) is 11.1. The van der Waals surface area contributed by atoms with Gasteiger partial charge in [-0.1, -0.05) is 278 Å². The van der Waals surface area contributed by atoms with Crippen LogP contribution in [0.15, 0.2) is 101 Å². The van der Waals surface area contributed by atoms with E-state index in [1.165, 1.54) is 17.3 Å². The number of azide groups is 1. The summed E-state index contributed by atoms with van der Waals surface area (Å²) < 4.78 is 23.6. The second kappa shape index (κ2) is 67.2. The zero-order valence-corrected chi connectivity index (χ0v) is 86.1. The van der Waals surface area contributed by atoms with Gasteiger partial charge in [-0.05, 0) is 160 Å². The molecule has 0 spiro atoms. The Hall–Kier alpha value is 0.377. The molecule has 109 heavy (non-hydrogen) atoms. The van der Waals surface area contributed by atoms with Gasteiger partial charge in [0.15, 0.2) is 24.0 Å². The summed E-state index contributed by atoms with van der Waals surface area (Å²) >= 11 is 10.8. The van der Waals surface area contributed by atoms with Crippen molar-refractivity contribution in [3.63, 3.8) is 0 Å². The number of carbonyl (C=O) groups is 3. The predicted octanol–water partition coefficient (Wildman–Crippen LogP) is 18.6. The molecule has 0 fully saturated rings. The van der Waals surface area contributed by atoms with Gasteiger partial charge in [0.1, 0.15) is 11.8 Å². The number of hydrogen-bond donors (Lipinski definition) is 10. The number of carboxylic acid groups (broad SMARTS) is 1. The van der Waals surface area contributed by atoms with Crippen LogP contribution in [0.3, 0.4) is 0 Å². The Morgan fingerprint density at radius 2 is 0.890 bits per heavy atom. The predicted molar refractivity (Wildman–Crippen MR) is 503 cm³/mol. The molecule has 3 aromatic carbocycles. The van der Waals surface area contributed by atoms with Gasteiger partial charge in [-0.2, -0.15) is 11.1 Å². The van der Waals surface area contributed by atoms with Crippen LogP contribution in [0, 0.1) is 29.6 Å². The molecule has 3 rings (SSSR count). The molecule has 0 aromatic heterocycles. The molecule has 3 aromatic rings. The third-order valence-corrected chi connectivity index (χ3v) is 38.1. The van der Waals surface area contributed by atoms with Gasteiger partial charge in [0, 0.05) is 66.1 Å². The third-order valence-electron chi connectivity index (χ3n) is 18.6. The van der Waals surface area contributed by atoms with Gasteiger partial charge in [0.2, 0.25) is 5.12 Å². The number of rotatable bonds is 38. The molecule has 0 aliphatic rings. The van der Waals surface area contributed by atoms with Crippen LogP contribution in [-0.2, 0) is 45.9 Å². The summed E-state index contributed by atoms with van der Waals surface area (Å²) in [6.07, 6.45) is 2.10. The van der Waals surface area contributed by atoms with Crippen molar-refractivity contribution in [3.8, 4) is 0 Å². The molecular formula is C76H155BrClMgN9O11P6SSi3. The number of alkyl halides is 1. The number of benzene rings is 3. The van der Waals surface area contributed by atoms with E-state index in [0.29, 0.717) is 48.8 Å². The summed E-state index contributed by atoms with van der Waals surface area (Å²) in [5.74, 6) is 1.16. The van der Waals surface area contributed by atoms with E-state index in [-0.39, 0.29) is 114 Å². The maximum Gasteiger partial charge on any atom is 2.00 e. The molecule has 0 saturated heterocycles. The van der Waals surface area contributed by atoms with Gasteiger partial charge in [-0.25, -0.2) is 0 Å². The van der Waals surface area contributed by atoms with Gasteiger partial charge < -0.3 is 41.6 Å². The van der Waals surface area contributed by atoms with Crippen LogP contribution in [0.5, 0.6) is 0 Å². The van der Waals surface area contributed by atoms with Crippen molar-refractivity contribution >= 4 is 159 Å². The average molecular weight is 1810 g/mol. The zero-order valence-electron chi connectivity index (χ0n) is 73.6. The molecule has 634 valence electrons. The fourth-order valence-corrected chi connectivity index (χ4v) is 11.7. The molecule has 0 saturated carbocycles. The first-order chi connectivity index (χ1) is 49.8. The maximum absolute atomic E-state index is 11.7. The van der Waals surface area contributed by atoms with E-state index in [9.17, 15) is 24.6 Å². The van der Waals surface area contributed by atoms with E-state index < -0.39 is 36.0 Å². The van der Waals surface area contributed by atoms with Crippen molar-refractivity contribution in [1.82, 2.24) is 30.5 Å². The molecule has 20 atom stereocenters. The van der Waals surface area contributed by atoms with Crippen LogP contribution in [0.1, 0.15) is 178 Å². The van der Waals surface area contributed by atoms with Crippen LogP contribution < -0.4 is 30.5 Å². The molecule has 0 amide bonds. The number of ketones is 1. The topological polar surface area (TPSA) is 290 Å². The zero-order chi connectivity index (χ0) is 84.8. The number of Topliss-reactive ketones (excluding diaryl/α,β-unsaturated/α-hetero) is 1. The van der Waals surface area contributed by atoms with Crippen LogP contribution in [0.25, 0.3) is 10.4 Å². The van der Waals surface area contributed by atoms with Crippen molar-refractivity contribution in [2.75, 3.05) is 38.4 Å². The average Bonchev–Trinajstić information content (AvgIpc) is 0.845. The minimum Gasteiger partial charge on any atom is -1.00 e. The molecule has 0 radical (unpaired) electrons. The number of hydrogen-bond acceptors (Lipinski definition) is 18. The summed E-state index contributed by atoms with van der Waals surface area (Å²) in [6, 6.07) is 29.5. The minimum atomic E-state index is -1.70. The van der Waals surface area contributed by atoms with Gasteiger partial charge in [0.05, 0.1) is 50.2 Å². The first kappa shape index (κ1) is 120. The van der Waals surface area contributed by atoms with E-state index in [4.69, 9.17) is 45.1 Å². The Morgan fingerprint density at radius 3 is 1.19 bits per heavy atom. The van der Waals surface area contributed by atoms with Crippen LogP contribution in [-0.4, -0.2) is 177 Å². The standard InChI is InChI=1S/C14H22NO2P.C13H31N4OPSi.C13H32NO2PSi.C11H15BrO.C9H12NOPS.C7H18NO2P.C6H15ClSi.C3H8NO2P.Mg.2H/c1-11(8-14(16)12(2)15-18)9-17-10-13-6-4-3-5-7-13;1-10(8-12(15-17-14)11(2)16-19)9-18-20(6,7)13(3,4)5;1-10(8-12(15)11(2)14-17)9-16-18(6,7)13(3,4)5;1-10(7-12)8-13-9-11-5-3-2-4-6-11;1-7(10-12)9(11)13-8-5-3-2-4-6-8;1-5(4-9)3-7(10)6(2)8-11;1-6(2,3)8(4,5)7;1-2(4-7)3(5)6;;;/h3-7,11-12,15H,8-10,18H2,1-2H3;10-12,16H,8-9,19H2,1-7H3;10-12,14-15H,8-9,17H2,1-7H3;2-6,10H,7-9H2,1H3;2-7,10H,12H2,1H3;5-10H,3-4,11H2,1-2H3;1-5H3;2,4H,7H2,1H3,(H,5,6);;;/q;;;;;;;;+2;2*-1/t11-,12+;10-,11+,12+;10-,11+,12-;10-;7-;5-,6+,7-;;2-;;;/m111101.0.../s1. The number of ether oxygens (including phenoxy) is 2. The van der Waals surface area contributed by atoms with E-state index in [1.54, 1.807) is 6.92 Å². The Morgan fingerprint density at radius 1 is 0.541 bits per heavy atom. The second-order valence-electron chi connectivity index (χ2n) is 32.6. The third kappa shape index (κ3) is 64.0. The monoisotopic (exact) mass is 1810 g/mol. The van der Waals surface area contributed by atoms with E-state index in [0.717, 1.165) is 55.1 Å². The van der Waals surface area contributed by atoms with Gasteiger partial charge in [-0.3, -0.25) is 44.9 Å². The molecule has 33 heteroatoms. The Labute approximate surface area is 716 Å². The largest absolute Gasteiger partial charge is 2.00 e. The Bertz CT molecular complexity index is 2780. The molecular weight excluding hydrogens is 1660 g/mol. The molecule has 6 unspecified atom stereocenters. The fourth-order valence-electron chi connectivity index (χ4n) is 7.19. The van der Waals surface area contributed by atoms with E-state index in [2.05, 4.69) is 247 Å². The van der Waals surface area contributed by atoms with Crippen LogP contribution >= 0.6 is 95.1 Å². The first-order valence-electron chi connectivity index (χ1n) is 37.4. The van der Waals surface area contributed by atoms with Crippen LogP contribution in [0.4, 0.5) is 0 Å². The first-order valence-corrected chi connectivity index (χ1v) is 52.6. The van der Waals surface area contributed by atoms with E-state index >= 15 is 0 Å². The second-order valence-corrected chi connectivity index (χ2v) is 53.2. The van der Waals surface area contributed by atoms with Gasteiger partial charge >= 0.3 is 29.0 Å². The Balaban J connectivity index is -0.000000185. The summed E-state index contributed by atoms with van der Waals surface area (Å²) in [6.45, 7) is 59.5. The number of nitrogens with zero attached hydrogens (tertiary/aromatic N) is 3. The number of carboxylic acids is 1. The number of aliphatic hydroxyl groups excluding tert-OH is 3.